The normalized spacial score (nSPS) is 11.4. The van der Waals surface area contributed by atoms with Gasteiger partial charge < -0.3 is 5.32 Å². The van der Waals surface area contributed by atoms with Gasteiger partial charge in [0.05, 0.1) is 17.6 Å². The number of hydrogen-bond donors (Lipinski definition) is 2. The average molecular weight is 356 g/mol. The molecule has 0 aliphatic rings. The fourth-order valence-electron chi connectivity index (χ4n) is 2.58. The minimum Gasteiger partial charge on any atom is -0.381 e. The van der Waals surface area contributed by atoms with Crippen molar-refractivity contribution >= 4 is 15.7 Å². The van der Waals surface area contributed by atoms with Gasteiger partial charge in [-0.05, 0) is 30.2 Å². The fourth-order valence-corrected chi connectivity index (χ4v) is 3.38. The van der Waals surface area contributed by atoms with Gasteiger partial charge in [0, 0.05) is 24.0 Å². The maximum atomic E-state index is 11.6. The lowest BCUT2D eigenvalue weighted by Crippen LogP contribution is -2.14. The number of nitrogens with two attached hydrogens (primary N) is 1. The Labute approximate surface area is 147 Å². The van der Waals surface area contributed by atoms with E-state index in [0.29, 0.717) is 24.3 Å². The number of nitrogens with one attached hydrogen (secondary N) is 1. The van der Waals surface area contributed by atoms with Crippen LogP contribution in [0, 0.1) is 6.92 Å². The number of aromatic nitrogens is 2. The molecule has 3 rings (SSSR count). The van der Waals surface area contributed by atoms with Crippen LogP contribution in [-0.2, 0) is 23.1 Å². The number of sulfonamides is 1. The second-order valence-electron chi connectivity index (χ2n) is 5.91. The molecular weight excluding hydrogens is 336 g/mol. The monoisotopic (exact) mass is 356 g/mol. The maximum absolute atomic E-state index is 11.6. The van der Waals surface area contributed by atoms with E-state index >= 15 is 0 Å². The fraction of sp³-hybridized carbons (Fsp3) is 0.167. The van der Waals surface area contributed by atoms with E-state index in [1.165, 1.54) is 5.56 Å². The standard InChI is InChI=1S/C18H20N4O2S/c1-14-7-8-17(9-18(14)25(19,23)24)20-10-16-11-21-22(13-16)12-15-5-3-2-4-6-15/h2-9,11,13,20H,10,12H2,1H3,(H2,19,23,24). The smallest absolute Gasteiger partial charge is 0.238 e. The summed E-state index contributed by atoms with van der Waals surface area (Å²) in [6, 6.07) is 15.2. The third-order valence-corrected chi connectivity index (χ3v) is 4.92. The first-order valence-electron chi connectivity index (χ1n) is 7.84. The minimum atomic E-state index is -3.73. The van der Waals surface area contributed by atoms with Crippen LogP contribution in [0.1, 0.15) is 16.7 Å². The Morgan fingerprint density at radius 1 is 1.12 bits per heavy atom. The Morgan fingerprint density at radius 2 is 1.88 bits per heavy atom. The molecule has 0 saturated heterocycles. The summed E-state index contributed by atoms with van der Waals surface area (Å²) >= 11 is 0. The van der Waals surface area contributed by atoms with E-state index in [1.54, 1.807) is 25.3 Å². The molecule has 25 heavy (non-hydrogen) atoms. The van der Waals surface area contributed by atoms with E-state index in [1.807, 2.05) is 35.1 Å². The Kier molecular flexibility index (Phi) is 4.87. The van der Waals surface area contributed by atoms with Crippen LogP contribution in [0.3, 0.4) is 0 Å². The second-order valence-corrected chi connectivity index (χ2v) is 7.44. The molecule has 130 valence electrons. The van der Waals surface area contributed by atoms with Crippen molar-refractivity contribution in [3.63, 3.8) is 0 Å². The van der Waals surface area contributed by atoms with Crippen LogP contribution in [0.5, 0.6) is 0 Å². The molecule has 3 N–H and O–H groups in total. The van der Waals surface area contributed by atoms with Crippen LogP contribution in [0.2, 0.25) is 0 Å². The van der Waals surface area contributed by atoms with E-state index in [2.05, 4.69) is 22.5 Å². The molecule has 0 bridgehead atoms. The third-order valence-electron chi connectivity index (χ3n) is 3.87. The van der Waals surface area contributed by atoms with Crippen molar-refractivity contribution in [1.29, 1.82) is 0 Å². The third kappa shape index (κ3) is 4.46. The first-order valence-corrected chi connectivity index (χ1v) is 9.39. The van der Waals surface area contributed by atoms with Gasteiger partial charge in [-0.15, -0.1) is 0 Å². The highest BCUT2D eigenvalue weighted by Crippen LogP contribution is 2.19. The first kappa shape index (κ1) is 17.2. The molecule has 0 radical (unpaired) electrons. The van der Waals surface area contributed by atoms with Gasteiger partial charge in [-0.1, -0.05) is 36.4 Å². The summed E-state index contributed by atoms with van der Waals surface area (Å²) in [5, 5.41) is 12.8. The van der Waals surface area contributed by atoms with E-state index in [0.717, 1.165) is 5.56 Å². The molecule has 7 heteroatoms. The van der Waals surface area contributed by atoms with Crippen LogP contribution in [0.15, 0.2) is 65.8 Å². The van der Waals surface area contributed by atoms with Gasteiger partial charge in [0.1, 0.15) is 0 Å². The Morgan fingerprint density at radius 3 is 2.60 bits per heavy atom. The lowest BCUT2D eigenvalue weighted by atomic mass is 10.2. The van der Waals surface area contributed by atoms with Gasteiger partial charge >= 0.3 is 0 Å². The highest BCUT2D eigenvalue weighted by Gasteiger charge is 2.12. The predicted octanol–water partition coefficient (Wildman–Crippen LogP) is 2.50. The summed E-state index contributed by atoms with van der Waals surface area (Å²) in [6.45, 7) is 2.97. The molecule has 1 heterocycles. The summed E-state index contributed by atoms with van der Waals surface area (Å²) in [6.07, 6.45) is 3.76. The molecule has 0 aliphatic heterocycles. The highest BCUT2D eigenvalue weighted by atomic mass is 32.2. The molecule has 0 fully saturated rings. The molecular formula is C18H20N4O2S. The summed E-state index contributed by atoms with van der Waals surface area (Å²) in [4.78, 5) is 0.136. The molecule has 1 aromatic heterocycles. The Bertz CT molecular complexity index is 966. The quantitative estimate of drug-likeness (QED) is 0.710. The molecule has 0 atom stereocenters. The van der Waals surface area contributed by atoms with Crippen molar-refractivity contribution in [2.24, 2.45) is 5.14 Å². The molecule has 3 aromatic rings. The molecule has 2 aromatic carbocycles. The van der Waals surface area contributed by atoms with Crippen molar-refractivity contribution in [3.05, 3.63) is 77.6 Å². The molecule has 0 spiro atoms. The highest BCUT2D eigenvalue weighted by molar-refractivity contribution is 7.89. The van der Waals surface area contributed by atoms with Gasteiger partial charge in [0.15, 0.2) is 0 Å². The van der Waals surface area contributed by atoms with Crippen LogP contribution >= 0.6 is 0 Å². The maximum Gasteiger partial charge on any atom is 0.238 e. The average Bonchev–Trinajstić information content (AvgIpc) is 3.01. The lowest BCUT2D eigenvalue weighted by molar-refractivity contribution is 0.597. The number of anilines is 1. The number of hydrogen-bond acceptors (Lipinski definition) is 4. The van der Waals surface area contributed by atoms with Gasteiger partial charge in [-0.2, -0.15) is 5.10 Å². The van der Waals surface area contributed by atoms with Crippen molar-refractivity contribution in [3.8, 4) is 0 Å². The van der Waals surface area contributed by atoms with Gasteiger partial charge in [0.2, 0.25) is 10.0 Å². The first-order chi connectivity index (χ1) is 11.9. The van der Waals surface area contributed by atoms with Crippen molar-refractivity contribution < 1.29 is 8.42 Å². The Balaban J connectivity index is 1.67. The largest absolute Gasteiger partial charge is 0.381 e. The second kappa shape index (κ2) is 7.08. The van der Waals surface area contributed by atoms with E-state index in [9.17, 15) is 8.42 Å². The zero-order valence-electron chi connectivity index (χ0n) is 13.9. The Hall–Kier alpha value is -2.64. The van der Waals surface area contributed by atoms with Crippen molar-refractivity contribution in [2.45, 2.75) is 24.9 Å². The molecule has 0 saturated carbocycles. The van der Waals surface area contributed by atoms with Crippen molar-refractivity contribution in [1.82, 2.24) is 9.78 Å². The topological polar surface area (TPSA) is 90.0 Å². The van der Waals surface area contributed by atoms with Crippen molar-refractivity contribution in [2.75, 3.05) is 5.32 Å². The van der Waals surface area contributed by atoms with Gasteiger partial charge in [-0.3, -0.25) is 4.68 Å². The van der Waals surface area contributed by atoms with Crippen LogP contribution in [0.4, 0.5) is 5.69 Å². The molecule has 0 amide bonds. The summed E-state index contributed by atoms with van der Waals surface area (Å²) in [7, 11) is -3.73. The van der Waals surface area contributed by atoms with E-state index < -0.39 is 10.0 Å². The van der Waals surface area contributed by atoms with Crippen LogP contribution < -0.4 is 10.5 Å². The summed E-state index contributed by atoms with van der Waals surface area (Å²) in [5.41, 5.74) is 3.52. The molecule has 0 unspecified atom stereocenters. The lowest BCUT2D eigenvalue weighted by Gasteiger charge is -2.09. The molecule has 6 nitrogen and oxygen atoms in total. The number of rotatable bonds is 6. The zero-order chi connectivity index (χ0) is 17.9. The van der Waals surface area contributed by atoms with Crippen LogP contribution in [0.25, 0.3) is 0 Å². The van der Waals surface area contributed by atoms with Crippen LogP contribution in [-0.4, -0.2) is 18.2 Å². The summed E-state index contributed by atoms with van der Waals surface area (Å²) in [5.74, 6) is 0. The number of nitrogens with zero attached hydrogens (tertiary/aromatic N) is 2. The number of benzene rings is 2. The number of aryl methyl sites for hydroxylation is 1. The molecule has 0 aliphatic carbocycles. The van der Waals surface area contributed by atoms with E-state index in [-0.39, 0.29) is 4.90 Å². The summed E-state index contributed by atoms with van der Waals surface area (Å²) < 4.78 is 25.1. The van der Waals surface area contributed by atoms with Gasteiger partial charge in [-0.25, -0.2) is 13.6 Å². The predicted molar refractivity (Wildman–Crippen MR) is 97.6 cm³/mol. The SMILES string of the molecule is Cc1ccc(NCc2cnn(Cc3ccccc3)c2)cc1S(N)(=O)=O. The van der Waals surface area contributed by atoms with Gasteiger partial charge in [0.25, 0.3) is 0 Å². The zero-order valence-corrected chi connectivity index (χ0v) is 14.7. The van der Waals surface area contributed by atoms with E-state index in [4.69, 9.17) is 5.14 Å². The number of primary sulfonamides is 1. The minimum absolute atomic E-state index is 0.136.